The predicted octanol–water partition coefficient (Wildman–Crippen LogP) is 1.24. The van der Waals surface area contributed by atoms with Crippen molar-refractivity contribution in [2.24, 2.45) is 0 Å². The molecule has 0 unspecified atom stereocenters. The number of aromatic nitrogens is 1. The minimum absolute atomic E-state index is 0.262. The summed E-state index contributed by atoms with van der Waals surface area (Å²) in [5.41, 5.74) is 0.707. The van der Waals surface area contributed by atoms with Gasteiger partial charge in [-0.1, -0.05) is 6.42 Å². The fraction of sp³-hybridized carbons (Fsp3) is 0.571. The lowest BCUT2D eigenvalue weighted by atomic mass is 9.83. The molecule has 0 bridgehead atoms. The number of nitrogens with one attached hydrogen (secondary N) is 1. The molecule has 1 aromatic heterocycles. The SMILES string of the molecule is O=c1cc(C2CCC2)[nH]o1. The summed E-state index contributed by atoms with van der Waals surface area (Å²) >= 11 is 0. The second-order valence-electron chi connectivity index (χ2n) is 2.75. The van der Waals surface area contributed by atoms with Crippen molar-refractivity contribution in [2.45, 2.75) is 25.2 Å². The highest BCUT2D eigenvalue weighted by Crippen LogP contribution is 2.34. The fourth-order valence-electron chi connectivity index (χ4n) is 1.22. The normalized spacial score (nSPS) is 18.8. The highest BCUT2D eigenvalue weighted by Gasteiger charge is 2.21. The molecule has 1 heterocycles. The van der Waals surface area contributed by atoms with E-state index in [4.69, 9.17) is 0 Å². The van der Waals surface area contributed by atoms with Crippen LogP contribution in [0.5, 0.6) is 0 Å². The smallest absolute Gasteiger partial charge is 0.339 e. The zero-order valence-electron chi connectivity index (χ0n) is 5.59. The van der Waals surface area contributed by atoms with Crippen molar-refractivity contribution in [3.8, 4) is 0 Å². The van der Waals surface area contributed by atoms with Crippen molar-refractivity contribution in [1.29, 1.82) is 0 Å². The highest BCUT2D eigenvalue weighted by atomic mass is 16.5. The van der Waals surface area contributed by atoms with E-state index in [-0.39, 0.29) is 5.63 Å². The second-order valence-corrected chi connectivity index (χ2v) is 2.75. The fourth-order valence-corrected chi connectivity index (χ4v) is 1.22. The third kappa shape index (κ3) is 0.781. The molecule has 0 aliphatic heterocycles. The summed E-state index contributed by atoms with van der Waals surface area (Å²) in [5, 5.41) is 2.62. The number of hydrogen-bond donors (Lipinski definition) is 1. The van der Waals surface area contributed by atoms with Gasteiger partial charge in [0.15, 0.2) is 0 Å². The minimum atomic E-state index is -0.262. The molecule has 0 radical (unpaired) electrons. The summed E-state index contributed by atoms with van der Waals surface area (Å²) in [6, 6.07) is 1.55. The van der Waals surface area contributed by atoms with E-state index in [2.05, 4.69) is 9.68 Å². The topological polar surface area (TPSA) is 46.0 Å². The van der Waals surface area contributed by atoms with Crippen LogP contribution in [0.2, 0.25) is 0 Å². The van der Waals surface area contributed by atoms with Gasteiger partial charge in [-0.2, -0.15) is 0 Å². The largest absolute Gasteiger partial charge is 0.357 e. The number of rotatable bonds is 1. The van der Waals surface area contributed by atoms with Gasteiger partial charge in [0.1, 0.15) is 0 Å². The summed E-state index contributed by atoms with van der Waals surface area (Å²) < 4.78 is 4.54. The molecule has 1 aliphatic carbocycles. The van der Waals surface area contributed by atoms with Gasteiger partial charge >= 0.3 is 5.63 Å². The molecule has 1 saturated carbocycles. The van der Waals surface area contributed by atoms with Crippen LogP contribution in [-0.2, 0) is 0 Å². The van der Waals surface area contributed by atoms with Gasteiger partial charge < -0.3 is 4.52 Å². The molecular formula is C7H9NO2. The number of aromatic amines is 1. The van der Waals surface area contributed by atoms with Crippen LogP contribution in [0.4, 0.5) is 0 Å². The molecule has 2 rings (SSSR count). The molecule has 10 heavy (non-hydrogen) atoms. The first-order valence-electron chi connectivity index (χ1n) is 3.54. The Morgan fingerprint density at radius 2 is 2.40 bits per heavy atom. The Balaban J connectivity index is 2.25. The van der Waals surface area contributed by atoms with Gasteiger partial charge in [0.25, 0.3) is 0 Å². The maximum absolute atomic E-state index is 10.5. The Morgan fingerprint density at radius 1 is 1.60 bits per heavy atom. The van der Waals surface area contributed by atoms with Crippen molar-refractivity contribution >= 4 is 0 Å². The third-order valence-corrected chi connectivity index (χ3v) is 2.09. The maximum Gasteiger partial charge on any atom is 0.357 e. The quantitative estimate of drug-likeness (QED) is 0.636. The maximum atomic E-state index is 10.5. The molecule has 1 aromatic rings. The summed E-state index contributed by atoms with van der Waals surface area (Å²) in [6.45, 7) is 0. The van der Waals surface area contributed by atoms with Gasteiger partial charge in [-0.15, -0.1) is 0 Å². The van der Waals surface area contributed by atoms with Crippen LogP contribution in [-0.4, -0.2) is 5.16 Å². The Hall–Kier alpha value is -0.990. The lowest BCUT2D eigenvalue weighted by Gasteiger charge is -2.22. The first kappa shape index (κ1) is 5.77. The summed E-state index contributed by atoms with van der Waals surface area (Å²) in [5.74, 6) is 0.562. The lowest BCUT2D eigenvalue weighted by Crippen LogP contribution is -2.08. The van der Waals surface area contributed by atoms with Crippen LogP contribution in [0, 0.1) is 0 Å². The molecule has 0 amide bonds. The van der Waals surface area contributed by atoms with Gasteiger partial charge in [-0.3, -0.25) is 0 Å². The molecule has 0 aromatic carbocycles. The summed E-state index contributed by atoms with van der Waals surface area (Å²) in [7, 11) is 0. The minimum Gasteiger partial charge on any atom is -0.339 e. The second kappa shape index (κ2) is 2.01. The van der Waals surface area contributed by atoms with Crippen molar-refractivity contribution in [3.63, 3.8) is 0 Å². The molecular weight excluding hydrogens is 130 g/mol. The number of hydrogen-bond acceptors (Lipinski definition) is 2. The average molecular weight is 139 g/mol. The van der Waals surface area contributed by atoms with Gasteiger partial charge in [-0.25, -0.2) is 9.95 Å². The molecule has 1 fully saturated rings. The first-order chi connectivity index (χ1) is 4.86. The Kier molecular flexibility index (Phi) is 1.16. The van der Waals surface area contributed by atoms with E-state index in [1.807, 2.05) is 0 Å². The average Bonchev–Trinajstić information content (AvgIpc) is 2.10. The van der Waals surface area contributed by atoms with Gasteiger partial charge in [-0.05, 0) is 12.8 Å². The van der Waals surface area contributed by atoms with E-state index in [9.17, 15) is 4.79 Å². The highest BCUT2D eigenvalue weighted by molar-refractivity contribution is 5.07. The van der Waals surface area contributed by atoms with Gasteiger partial charge in [0.05, 0.1) is 5.69 Å². The molecule has 0 atom stereocenters. The van der Waals surface area contributed by atoms with Crippen molar-refractivity contribution < 1.29 is 4.52 Å². The van der Waals surface area contributed by atoms with Crippen LogP contribution in [0.15, 0.2) is 15.4 Å². The summed E-state index contributed by atoms with van der Waals surface area (Å²) in [4.78, 5) is 10.5. The standard InChI is InChI=1S/C7H9NO2/c9-7-4-6(8-10-7)5-2-1-3-5/h4-5,8H,1-3H2. The monoisotopic (exact) mass is 139 g/mol. The van der Waals surface area contributed by atoms with E-state index < -0.39 is 0 Å². The zero-order chi connectivity index (χ0) is 6.97. The Morgan fingerprint density at radius 3 is 2.80 bits per heavy atom. The van der Waals surface area contributed by atoms with Crippen LogP contribution in [0.1, 0.15) is 30.9 Å². The van der Waals surface area contributed by atoms with E-state index in [1.54, 1.807) is 6.07 Å². The molecule has 54 valence electrons. The lowest BCUT2D eigenvalue weighted by molar-refractivity contribution is 0.350. The molecule has 0 saturated heterocycles. The molecule has 0 spiro atoms. The van der Waals surface area contributed by atoms with Crippen molar-refractivity contribution in [3.05, 3.63) is 22.2 Å². The third-order valence-electron chi connectivity index (χ3n) is 2.09. The predicted molar refractivity (Wildman–Crippen MR) is 35.9 cm³/mol. The molecule has 3 nitrogen and oxygen atoms in total. The van der Waals surface area contributed by atoms with Gasteiger partial charge in [0, 0.05) is 12.0 Å². The van der Waals surface area contributed by atoms with Crippen LogP contribution in [0.25, 0.3) is 0 Å². The van der Waals surface area contributed by atoms with Gasteiger partial charge in [0.2, 0.25) is 0 Å². The van der Waals surface area contributed by atoms with E-state index in [1.165, 1.54) is 19.3 Å². The van der Waals surface area contributed by atoms with E-state index in [0.29, 0.717) is 5.92 Å². The molecule has 3 heteroatoms. The summed E-state index contributed by atoms with van der Waals surface area (Å²) in [6.07, 6.45) is 3.66. The molecule has 1 aliphatic rings. The van der Waals surface area contributed by atoms with Crippen molar-refractivity contribution in [2.75, 3.05) is 0 Å². The Bertz CT molecular complexity index is 269. The first-order valence-corrected chi connectivity index (χ1v) is 3.54. The van der Waals surface area contributed by atoms with Crippen molar-refractivity contribution in [1.82, 2.24) is 5.16 Å². The zero-order valence-corrected chi connectivity index (χ0v) is 5.59. The number of H-pyrrole nitrogens is 1. The van der Waals surface area contributed by atoms with E-state index in [0.717, 1.165) is 5.69 Å². The van der Waals surface area contributed by atoms with Crippen LogP contribution >= 0.6 is 0 Å². The van der Waals surface area contributed by atoms with Crippen LogP contribution < -0.4 is 5.63 Å². The molecule has 1 N–H and O–H groups in total. The van der Waals surface area contributed by atoms with E-state index >= 15 is 0 Å². The van der Waals surface area contributed by atoms with Crippen LogP contribution in [0.3, 0.4) is 0 Å². The Labute approximate surface area is 58.0 Å².